The van der Waals surface area contributed by atoms with E-state index in [1.54, 1.807) is 0 Å². The molecule has 2 N–H and O–H groups in total. The van der Waals surface area contributed by atoms with Crippen LogP contribution < -0.4 is 0 Å². The second kappa shape index (κ2) is 38.8. The van der Waals surface area contributed by atoms with Gasteiger partial charge < -0.3 is 29.3 Å². The zero-order valence-corrected chi connectivity index (χ0v) is 43.9. The molecule has 11 nitrogen and oxygen atoms in total. The molecule has 0 fully saturated rings. The Labute approximate surface area is 409 Å². The van der Waals surface area contributed by atoms with Gasteiger partial charge in [-0.2, -0.15) is 0 Å². The van der Waals surface area contributed by atoms with Crippen LogP contribution in [0.1, 0.15) is 252 Å². The van der Waals surface area contributed by atoms with E-state index in [0.717, 1.165) is 51.4 Å². The van der Waals surface area contributed by atoms with Gasteiger partial charge in [-0.1, -0.05) is 188 Å². The Morgan fingerprint density at radius 3 is 1.37 bits per heavy atom. The minimum absolute atomic E-state index is 0.0672. The maximum absolute atomic E-state index is 13.5. The van der Waals surface area contributed by atoms with Crippen molar-refractivity contribution in [2.75, 3.05) is 40.5 Å². The molecule has 0 aliphatic heterocycles. The summed E-state index contributed by atoms with van der Waals surface area (Å²) in [4.78, 5) is 67.0. The second-order valence-electron chi connectivity index (χ2n) is 20.6. The van der Waals surface area contributed by atoms with Gasteiger partial charge in [-0.3, -0.25) is 19.2 Å². The summed E-state index contributed by atoms with van der Waals surface area (Å²) in [5, 5.41) is 21.6. The van der Waals surface area contributed by atoms with E-state index < -0.39 is 28.7 Å². The van der Waals surface area contributed by atoms with Crippen LogP contribution in [0.4, 0.5) is 0 Å². The van der Waals surface area contributed by atoms with Crippen LogP contribution in [0.3, 0.4) is 0 Å². The number of aliphatic carboxylic acids is 2. The maximum atomic E-state index is 13.5. The van der Waals surface area contributed by atoms with Crippen LogP contribution in [-0.4, -0.2) is 85.4 Å². The Bertz CT molecular complexity index is 1340. The smallest absolute Gasteiger partial charge is 0.333 e. The van der Waals surface area contributed by atoms with Crippen molar-refractivity contribution in [3.8, 4) is 0 Å². The van der Waals surface area contributed by atoms with Crippen LogP contribution >= 0.6 is 0 Å². The standard InChI is InChI=1S/C56H101NO10/c1-7-11-21-30-47(31-22-12-8-2)36-42-65-50(58)34-25-17-15-19-27-38-55(53(61)62)44-49(52(60)67-41-29-40-57(5)6)45-56(46-55,54(63)64)39-28-20-16-18-26-35-51(59)66-43-37-48(32-23-13-9-3)33-24-14-10-4/h44,47-48H,7-43,45-46H2,1-6H3,(H,61,62)(H,63,64). The summed E-state index contributed by atoms with van der Waals surface area (Å²) in [7, 11) is 3.86. The van der Waals surface area contributed by atoms with E-state index in [4.69, 9.17) is 14.2 Å². The predicted octanol–water partition coefficient (Wildman–Crippen LogP) is 14.2. The summed E-state index contributed by atoms with van der Waals surface area (Å²) in [5.74, 6) is -1.93. The van der Waals surface area contributed by atoms with Crippen molar-refractivity contribution in [1.82, 2.24) is 4.90 Å². The molecule has 0 amide bonds. The maximum Gasteiger partial charge on any atom is 0.333 e. The molecule has 390 valence electrons. The Kier molecular flexibility index (Phi) is 36.0. The predicted molar refractivity (Wildman–Crippen MR) is 271 cm³/mol. The van der Waals surface area contributed by atoms with Crippen LogP contribution in [0.5, 0.6) is 0 Å². The summed E-state index contributed by atoms with van der Waals surface area (Å²) in [6.07, 6.45) is 31.8. The highest BCUT2D eigenvalue weighted by molar-refractivity contribution is 5.93. The molecule has 1 aliphatic carbocycles. The number of unbranched alkanes of at least 4 members (excludes halogenated alkanes) is 16. The normalized spacial score (nSPS) is 17.2. The van der Waals surface area contributed by atoms with E-state index in [-0.39, 0.29) is 49.8 Å². The van der Waals surface area contributed by atoms with Gasteiger partial charge in [0.25, 0.3) is 0 Å². The van der Waals surface area contributed by atoms with Gasteiger partial charge in [-0.05, 0) is 83.7 Å². The van der Waals surface area contributed by atoms with Gasteiger partial charge in [0, 0.05) is 25.0 Å². The van der Waals surface area contributed by atoms with Gasteiger partial charge >= 0.3 is 29.8 Å². The van der Waals surface area contributed by atoms with Crippen molar-refractivity contribution in [2.24, 2.45) is 22.7 Å². The summed E-state index contributed by atoms with van der Waals surface area (Å²) < 4.78 is 16.9. The summed E-state index contributed by atoms with van der Waals surface area (Å²) in [6.45, 7) is 10.7. The van der Waals surface area contributed by atoms with Crippen LogP contribution in [0, 0.1) is 22.7 Å². The molecule has 0 aromatic rings. The first-order valence-corrected chi connectivity index (χ1v) is 27.6. The topological polar surface area (TPSA) is 157 Å². The highest BCUT2D eigenvalue weighted by Gasteiger charge is 2.53. The second-order valence-corrected chi connectivity index (χ2v) is 20.6. The zero-order valence-electron chi connectivity index (χ0n) is 43.9. The lowest BCUT2D eigenvalue weighted by atomic mass is 9.60. The first-order chi connectivity index (χ1) is 32.3. The third kappa shape index (κ3) is 29.0. The Hall–Kier alpha value is -2.95. The number of carbonyl (C=O) groups excluding carboxylic acids is 3. The fourth-order valence-corrected chi connectivity index (χ4v) is 10.0. The van der Waals surface area contributed by atoms with E-state index in [1.165, 1.54) is 109 Å². The largest absolute Gasteiger partial charge is 0.481 e. The molecule has 67 heavy (non-hydrogen) atoms. The molecule has 11 heteroatoms. The van der Waals surface area contributed by atoms with Crippen molar-refractivity contribution in [3.63, 3.8) is 0 Å². The third-order valence-electron chi connectivity index (χ3n) is 14.2. The van der Waals surface area contributed by atoms with Crippen LogP contribution in [-0.2, 0) is 38.2 Å². The molecule has 0 bridgehead atoms. The molecule has 0 aromatic carbocycles. The van der Waals surface area contributed by atoms with Gasteiger partial charge in [0.15, 0.2) is 0 Å². The Morgan fingerprint density at radius 2 is 0.955 bits per heavy atom. The fraction of sp³-hybridized carbons (Fsp3) is 0.875. The third-order valence-corrected chi connectivity index (χ3v) is 14.2. The highest BCUT2D eigenvalue weighted by Crippen LogP contribution is 2.51. The number of hydrogen-bond donors (Lipinski definition) is 2. The first-order valence-electron chi connectivity index (χ1n) is 27.6. The Morgan fingerprint density at radius 1 is 0.522 bits per heavy atom. The highest BCUT2D eigenvalue weighted by atomic mass is 16.5. The van der Waals surface area contributed by atoms with Crippen molar-refractivity contribution in [2.45, 2.75) is 252 Å². The molecule has 0 heterocycles. The molecule has 0 saturated heterocycles. The number of rotatable bonds is 45. The minimum atomic E-state index is -1.52. The Balaban J connectivity index is 2.76. The fourth-order valence-electron chi connectivity index (χ4n) is 10.0. The number of hydrogen-bond acceptors (Lipinski definition) is 9. The van der Waals surface area contributed by atoms with Gasteiger partial charge in [-0.25, -0.2) is 4.79 Å². The van der Waals surface area contributed by atoms with E-state index in [1.807, 2.05) is 19.0 Å². The average molecular weight is 948 g/mol. The molecule has 0 saturated carbocycles. The van der Waals surface area contributed by atoms with E-state index in [0.29, 0.717) is 76.5 Å². The zero-order chi connectivity index (χ0) is 49.6. The number of carboxylic acids is 2. The van der Waals surface area contributed by atoms with Gasteiger partial charge in [-0.15, -0.1) is 0 Å². The summed E-state index contributed by atoms with van der Waals surface area (Å²) in [5.41, 5.74) is -2.81. The number of ether oxygens (including phenoxy) is 3. The van der Waals surface area contributed by atoms with Crippen LogP contribution in [0.2, 0.25) is 0 Å². The molecule has 0 spiro atoms. The lowest BCUT2D eigenvalue weighted by molar-refractivity contribution is -0.158. The molecule has 2 unspecified atom stereocenters. The SMILES string of the molecule is CCCCCC(CCCCC)CCOC(=O)CCCCCCCC1(C(=O)O)C=C(C(=O)OCCCN(C)C)CC(CCCCCCCC(=O)OCCC(CCCCC)CCCCC)(C(=O)O)C1. The lowest BCUT2D eigenvalue weighted by Crippen LogP contribution is -2.45. The molecular formula is C56H101NO10. The molecule has 0 aromatic heterocycles. The quantitative estimate of drug-likeness (QED) is 0.0340. The minimum Gasteiger partial charge on any atom is -0.481 e. The van der Waals surface area contributed by atoms with Gasteiger partial charge in [0.2, 0.25) is 0 Å². The van der Waals surface area contributed by atoms with Crippen LogP contribution in [0.25, 0.3) is 0 Å². The molecular weight excluding hydrogens is 847 g/mol. The molecule has 0 radical (unpaired) electrons. The van der Waals surface area contributed by atoms with E-state index >= 15 is 0 Å². The van der Waals surface area contributed by atoms with Gasteiger partial charge in [0.05, 0.1) is 30.7 Å². The van der Waals surface area contributed by atoms with Crippen molar-refractivity contribution < 1.29 is 48.4 Å². The summed E-state index contributed by atoms with van der Waals surface area (Å²) >= 11 is 0. The molecule has 2 atom stereocenters. The number of carboxylic acid groups (broad SMARTS) is 2. The van der Waals surface area contributed by atoms with E-state index in [9.17, 15) is 34.2 Å². The monoisotopic (exact) mass is 948 g/mol. The van der Waals surface area contributed by atoms with Crippen molar-refractivity contribution >= 4 is 29.8 Å². The van der Waals surface area contributed by atoms with E-state index in [2.05, 4.69) is 27.7 Å². The van der Waals surface area contributed by atoms with Crippen molar-refractivity contribution in [1.29, 1.82) is 0 Å². The average Bonchev–Trinajstić information content (AvgIpc) is 3.29. The summed E-state index contributed by atoms with van der Waals surface area (Å²) in [6, 6.07) is 0. The number of carbonyl (C=O) groups is 5. The first kappa shape index (κ1) is 62.1. The molecule has 1 rings (SSSR count). The van der Waals surface area contributed by atoms with Gasteiger partial charge in [0.1, 0.15) is 0 Å². The van der Waals surface area contributed by atoms with Crippen molar-refractivity contribution in [3.05, 3.63) is 11.6 Å². The van der Waals surface area contributed by atoms with Crippen LogP contribution in [0.15, 0.2) is 11.6 Å². The number of esters is 3. The number of nitrogens with zero attached hydrogens (tertiary/aromatic N) is 1. The lowest BCUT2D eigenvalue weighted by Gasteiger charge is -2.42. The molecule has 1 aliphatic rings.